The number of aromatic nitrogens is 1. The summed E-state index contributed by atoms with van der Waals surface area (Å²) >= 11 is 0. The van der Waals surface area contributed by atoms with Crippen LogP contribution >= 0.6 is 0 Å². The van der Waals surface area contributed by atoms with Gasteiger partial charge in [-0.2, -0.15) is 0 Å². The maximum atomic E-state index is 12.4. The van der Waals surface area contributed by atoms with Gasteiger partial charge in [0.15, 0.2) is 0 Å². The Morgan fingerprint density at radius 3 is 2.41 bits per heavy atom. The van der Waals surface area contributed by atoms with Gasteiger partial charge in [-0.1, -0.05) is 42.5 Å². The topological polar surface area (TPSA) is 91.1 Å². The number of carbonyl (C=O) groups excluding carboxylic acids is 1. The van der Waals surface area contributed by atoms with Crippen molar-refractivity contribution in [3.8, 4) is 0 Å². The van der Waals surface area contributed by atoms with Gasteiger partial charge >= 0.3 is 0 Å². The molecule has 0 fully saturated rings. The van der Waals surface area contributed by atoms with Crippen LogP contribution in [0.15, 0.2) is 48.5 Å². The van der Waals surface area contributed by atoms with Crippen molar-refractivity contribution in [1.29, 1.82) is 0 Å². The highest BCUT2D eigenvalue weighted by atomic mass is 32.2. The van der Waals surface area contributed by atoms with Gasteiger partial charge in [-0.3, -0.25) is 4.79 Å². The summed E-state index contributed by atoms with van der Waals surface area (Å²) in [7, 11) is -1.89. The third-order valence-electron chi connectivity index (χ3n) is 4.54. The van der Waals surface area contributed by atoms with Gasteiger partial charge in [0.1, 0.15) is 0 Å². The number of amides is 1. The van der Waals surface area contributed by atoms with E-state index in [9.17, 15) is 13.2 Å². The molecule has 3 N–H and O–H groups in total. The van der Waals surface area contributed by atoms with Gasteiger partial charge in [0.2, 0.25) is 15.9 Å². The molecule has 27 heavy (non-hydrogen) atoms. The standard InChI is InChI=1S/C20H23N3O3S/c1-14-18(17-5-3-4-6-19(17)23-14)11-20(24)22-12-15-7-9-16(10-8-15)13-27(25,26)21-2/h3-10,21,23H,11-13H2,1-2H3,(H,22,24). The predicted molar refractivity (Wildman–Crippen MR) is 107 cm³/mol. The first-order valence-corrected chi connectivity index (χ1v) is 10.3. The molecule has 6 nitrogen and oxygen atoms in total. The number of sulfonamides is 1. The Morgan fingerprint density at radius 1 is 1.04 bits per heavy atom. The van der Waals surface area contributed by atoms with Gasteiger partial charge < -0.3 is 10.3 Å². The smallest absolute Gasteiger partial charge is 0.224 e. The second-order valence-corrected chi connectivity index (χ2v) is 8.43. The quantitative estimate of drug-likeness (QED) is 0.583. The van der Waals surface area contributed by atoms with E-state index in [2.05, 4.69) is 15.0 Å². The number of hydrogen-bond donors (Lipinski definition) is 3. The SMILES string of the molecule is CNS(=O)(=O)Cc1ccc(CNC(=O)Cc2c(C)[nH]c3ccccc23)cc1. The minimum absolute atomic E-state index is 0.0512. The van der Waals surface area contributed by atoms with Crippen LogP contribution in [0.25, 0.3) is 10.9 Å². The molecule has 0 saturated carbocycles. The molecule has 3 rings (SSSR count). The summed E-state index contributed by atoms with van der Waals surface area (Å²) in [5.74, 6) is -0.111. The van der Waals surface area contributed by atoms with Crippen molar-refractivity contribution < 1.29 is 13.2 Å². The highest BCUT2D eigenvalue weighted by Gasteiger charge is 2.12. The average molecular weight is 385 g/mol. The van der Waals surface area contributed by atoms with Gasteiger partial charge in [0.25, 0.3) is 0 Å². The predicted octanol–water partition coefficient (Wildman–Crippen LogP) is 2.38. The van der Waals surface area contributed by atoms with Crippen LogP contribution in [0.5, 0.6) is 0 Å². The summed E-state index contributed by atoms with van der Waals surface area (Å²) in [5, 5.41) is 3.99. The number of aromatic amines is 1. The van der Waals surface area contributed by atoms with Crippen molar-refractivity contribution in [3.63, 3.8) is 0 Å². The van der Waals surface area contributed by atoms with E-state index in [4.69, 9.17) is 0 Å². The van der Waals surface area contributed by atoms with E-state index in [1.807, 2.05) is 43.3 Å². The lowest BCUT2D eigenvalue weighted by molar-refractivity contribution is -0.120. The molecule has 0 aliphatic rings. The van der Waals surface area contributed by atoms with Gasteiger partial charge in [0.05, 0.1) is 12.2 Å². The van der Waals surface area contributed by atoms with Gasteiger partial charge in [-0.25, -0.2) is 13.1 Å². The number of rotatable bonds is 7. The first kappa shape index (κ1) is 19.1. The fourth-order valence-corrected chi connectivity index (χ4v) is 3.81. The normalized spacial score (nSPS) is 11.6. The Labute approximate surface area is 159 Å². The third-order valence-corrected chi connectivity index (χ3v) is 5.88. The molecule has 0 aliphatic heterocycles. The van der Waals surface area contributed by atoms with Crippen molar-refractivity contribution >= 4 is 26.8 Å². The van der Waals surface area contributed by atoms with Gasteiger partial charge in [0, 0.05) is 23.1 Å². The third kappa shape index (κ3) is 4.75. The highest BCUT2D eigenvalue weighted by molar-refractivity contribution is 7.88. The Morgan fingerprint density at radius 2 is 1.70 bits per heavy atom. The van der Waals surface area contributed by atoms with Crippen LogP contribution in [0.2, 0.25) is 0 Å². The van der Waals surface area contributed by atoms with Crippen LogP contribution in [-0.4, -0.2) is 26.4 Å². The van der Waals surface area contributed by atoms with E-state index in [0.29, 0.717) is 18.5 Å². The van der Waals surface area contributed by atoms with E-state index >= 15 is 0 Å². The molecule has 0 aliphatic carbocycles. The Kier molecular flexibility index (Phi) is 5.62. The molecule has 0 bridgehead atoms. The zero-order valence-electron chi connectivity index (χ0n) is 15.4. The molecule has 0 spiro atoms. The molecule has 0 saturated heterocycles. The van der Waals surface area contributed by atoms with E-state index in [1.54, 1.807) is 12.1 Å². The second-order valence-electron chi connectivity index (χ2n) is 6.51. The summed E-state index contributed by atoms with van der Waals surface area (Å²) in [6.07, 6.45) is 0.314. The van der Waals surface area contributed by atoms with Crippen molar-refractivity contribution in [2.75, 3.05) is 7.05 Å². The van der Waals surface area contributed by atoms with E-state index in [1.165, 1.54) is 7.05 Å². The fourth-order valence-electron chi connectivity index (χ4n) is 3.03. The monoisotopic (exact) mass is 385 g/mol. The van der Waals surface area contributed by atoms with Crippen LogP contribution in [0, 0.1) is 6.92 Å². The number of H-pyrrole nitrogens is 1. The molecule has 3 aromatic rings. The van der Waals surface area contributed by atoms with E-state index in [0.717, 1.165) is 27.7 Å². The van der Waals surface area contributed by atoms with Gasteiger partial charge in [-0.15, -0.1) is 0 Å². The minimum atomic E-state index is -3.28. The minimum Gasteiger partial charge on any atom is -0.358 e. The fraction of sp³-hybridized carbons (Fsp3) is 0.250. The van der Waals surface area contributed by atoms with Crippen LogP contribution in [0.1, 0.15) is 22.4 Å². The van der Waals surface area contributed by atoms with Gasteiger partial charge in [-0.05, 0) is 36.7 Å². The summed E-state index contributed by atoms with van der Waals surface area (Å²) in [6.45, 7) is 2.37. The molecule has 7 heteroatoms. The number of benzene rings is 2. The van der Waals surface area contributed by atoms with Crippen molar-refractivity contribution in [2.45, 2.75) is 25.6 Å². The van der Waals surface area contributed by atoms with Crippen LogP contribution in [0.4, 0.5) is 0 Å². The molecule has 0 unspecified atom stereocenters. The lowest BCUT2D eigenvalue weighted by Gasteiger charge is -2.07. The Hall–Kier alpha value is -2.64. The molecule has 0 radical (unpaired) electrons. The zero-order chi connectivity index (χ0) is 19.4. The van der Waals surface area contributed by atoms with Crippen LogP contribution in [0.3, 0.4) is 0 Å². The number of aryl methyl sites for hydroxylation is 1. The first-order chi connectivity index (χ1) is 12.9. The maximum Gasteiger partial charge on any atom is 0.224 e. The number of fused-ring (bicyclic) bond motifs is 1. The Balaban J connectivity index is 1.60. The Bertz CT molecular complexity index is 1050. The van der Waals surface area contributed by atoms with Crippen molar-refractivity contribution in [2.24, 2.45) is 0 Å². The second kappa shape index (κ2) is 7.94. The summed E-state index contributed by atoms with van der Waals surface area (Å²) < 4.78 is 25.4. The van der Waals surface area contributed by atoms with E-state index in [-0.39, 0.29) is 11.7 Å². The molecule has 142 valence electrons. The van der Waals surface area contributed by atoms with E-state index < -0.39 is 10.0 Å². The average Bonchev–Trinajstić information content (AvgIpc) is 2.96. The molecular weight excluding hydrogens is 362 g/mol. The number of para-hydroxylation sites is 1. The lowest BCUT2D eigenvalue weighted by Crippen LogP contribution is -2.24. The number of nitrogens with one attached hydrogen (secondary N) is 3. The molecule has 0 atom stereocenters. The van der Waals surface area contributed by atoms with Crippen molar-refractivity contribution in [1.82, 2.24) is 15.0 Å². The maximum absolute atomic E-state index is 12.4. The molecule has 2 aromatic carbocycles. The summed E-state index contributed by atoms with van der Waals surface area (Å²) in [5.41, 5.74) is 4.67. The number of carbonyl (C=O) groups is 1. The summed E-state index contributed by atoms with van der Waals surface area (Å²) in [6, 6.07) is 15.1. The van der Waals surface area contributed by atoms with Crippen molar-refractivity contribution in [3.05, 3.63) is 70.9 Å². The molecule has 1 amide bonds. The molecule has 1 heterocycles. The summed E-state index contributed by atoms with van der Waals surface area (Å²) in [4.78, 5) is 15.7. The molecule has 1 aromatic heterocycles. The van der Waals surface area contributed by atoms with Crippen LogP contribution < -0.4 is 10.0 Å². The largest absolute Gasteiger partial charge is 0.358 e. The number of hydrogen-bond acceptors (Lipinski definition) is 3. The zero-order valence-corrected chi connectivity index (χ0v) is 16.2. The molecular formula is C20H23N3O3S. The lowest BCUT2D eigenvalue weighted by atomic mass is 10.1. The first-order valence-electron chi connectivity index (χ1n) is 8.70. The van der Waals surface area contributed by atoms with Crippen LogP contribution in [-0.2, 0) is 33.5 Å². The highest BCUT2D eigenvalue weighted by Crippen LogP contribution is 2.22.